The van der Waals surface area contributed by atoms with Crippen LogP contribution in [0.2, 0.25) is 5.02 Å². The van der Waals surface area contributed by atoms with E-state index in [4.69, 9.17) is 16.3 Å². The minimum atomic E-state index is -0.159. The Balaban J connectivity index is 2.00. The third-order valence-corrected chi connectivity index (χ3v) is 3.53. The molecule has 4 heteroatoms. The molecule has 0 aliphatic carbocycles. The molecule has 0 spiro atoms. The summed E-state index contributed by atoms with van der Waals surface area (Å²) in [4.78, 5) is 3.35. The second-order valence-electron chi connectivity index (χ2n) is 5.26. The molecule has 0 atom stereocenters. The zero-order chi connectivity index (χ0) is 13.9. The highest BCUT2D eigenvalue weighted by Crippen LogP contribution is 2.27. The third kappa shape index (κ3) is 3.50. The van der Waals surface area contributed by atoms with Crippen molar-refractivity contribution in [1.82, 2.24) is 10.3 Å². The number of nitrogens with one attached hydrogen (secondary N) is 2. The number of ether oxygens (including phenoxy) is 1. The average Bonchev–Trinajstić information content (AvgIpc) is 2.67. The Kier molecular flexibility index (Phi) is 4.50. The van der Waals surface area contributed by atoms with Gasteiger partial charge in [0.1, 0.15) is 0 Å². The fourth-order valence-corrected chi connectivity index (χ4v) is 2.49. The van der Waals surface area contributed by atoms with E-state index in [1.54, 1.807) is 0 Å². The lowest BCUT2D eigenvalue weighted by atomic mass is 10.1. The molecule has 2 rings (SSSR count). The highest BCUT2D eigenvalue weighted by Gasteiger charge is 2.17. The van der Waals surface area contributed by atoms with E-state index >= 15 is 0 Å². The lowest BCUT2D eigenvalue weighted by Gasteiger charge is -2.24. The normalized spacial score (nSPS) is 12.2. The van der Waals surface area contributed by atoms with E-state index in [-0.39, 0.29) is 5.60 Å². The Labute approximate surface area is 119 Å². The van der Waals surface area contributed by atoms with Gasteiger partial charge in [0.05, 0.1) is 10.6 Å². The molecular formula is C15H21ClN2O. The molecule has 0 unspecified atom stereocenters. The number of H-pyrrole nitrogens is 1. The number of para-hydroxylation sites is 1. The maximum atomic E-state index is 6.37. The number of hydrogen-bond donors (Lipinski definition) is 2. The molecule has 0 bridgehead atoms. The molecule has 0 saturated heterocycles. The van der Waals surface area contributed by atoms with E-state index in [1.807, 2.05) is 31.2 Å². The van der Waals surface area contributed by atoms with Crippen molar-refractivity contribution >= 4 is 22.5 Å². The third-order valence-electron chi connectivity index (χ3n) is 3.10. The first-order chi connectivity index (χ1) is 9.03. The van der Waals surface area contributed by atoms with Crippen LogP contribution in [-0.2, 0) is 11.3 Å². The standard InChI is InChI=1S/C15H21ClN2O/c1-4-19-15(2,3)10-17-9-13-14(16)11-7-5-6-8-12(11)18-13/h5-8,17-18H,4,9-10H2,1-3H3. The van der Waals surface area contributed by atoms with Crippen molar-refractivity contribution in [2.45, 2.75) is 32.9 Å². The van der Waals surface area contributed by atoms with Gasteiger partial charge in [-0.1, -0.05) is 29.8 Å². The molecule has 0 amide bonds. The van der Waals surface area contributed by atoms with E-state index in [0.717, 1.165) is 34.8 Å². The van der Waals surface area contributed by atoms with E-state index in [0.29, 0.717) is 6.54 Å². The fourth-order valence-electron chi connectivity index (χ4n) is 2.22. The van der Waals surface area contributed by atoms with Crippen LogP contribution in [0, 0.1) is 0 Å². The van der Waals surface area contributed by atoms with Crippen LogP contribution in [0.5, 0.6) is 0 Å². The second-order valence-corrected chi connectivity index (χ2v) is 5.64. The van der Waals surface area contributed by atoms with Gasteiger partial charge in [-0.05, 0) is 26.8 Å². The van der Waals surface area contributed by atoms with Gasteiger partial charge in [0.25, 0.3) is 0 Å². The Morgan fingerprint density at radius 1 is 1.32 bits per heavy atom. The van der Waals surface area contributed by atoms with Crippen LogP contribution in [0.25, 0.3) is 10.9 Å². The Morgan fingerprint density at radius 3 is 2.74 bits per heavy atom. The van der Waals surface area contributed by atoms with Crippen LogP contribution < -0.4 is 5.32 Å². The van der Waals surface area contributed by atoms with E-state index in [1.165, 1.54) is 0 Å². The fraction of sp³-hybridized carbons (Fsp3) is 0.467. The summed E-state index contributed by atoms with van der Waals surface area (Å²) < 4.78 is 5.65. The molecule has 1 aromatic carbocycles. The first-order valence-electron chi connectivity index (χ1n) is 6.63. The molecule has 2 N–H and O–H groups in total. The summed E-state index contributed by atoms with van der Waals surface area (Å²) in [5, 5.41) is 5.27. The first kappa shape index (κ1) is 14.4. The van der Waals surface area contributed by atoms with Crippen molar-refractivity contribution in [2.75, 3.05) is 13.2 Å². The summed E-state index contributed by atoms with van der Waals surface area (Å²) in [6, 6.07) is 8.07. The number of benzene rings is 1. The Morgan fingerprint density at radius 2 is 2.05 bits per heavy atom. The molecule has 1 heterocycles. The van der Waals surface area contributed by atoms with Crippen molar-refractivity contribution < 1.29 is 4.74 Å². The number of aromatic nitrogens is 1. The molecule has 0 fully saturated rings. The summed E-state index contributed by atoms with van der Waals surface area (Å²) in [7, 11) is 0. The lowest BCUT2D eigenvalue weighted by Crippen LogP contribution is -2.37. The summed E-state index contributed by atoms with van der Waals surface area (Å²) in [6.07, 6.45) is 0. The van der Waals surface area contributed by atoms with Crippen molar-refractivity contribution in [1.29, 1.82) is 0 Å². The number of aromatic amines is 1. The van der Waals surface area contributed by atoms with Gasteiger partial charge >= 0.3 is 0 Å². The van der Waals surface area contributed by atoms with Gasteiger partial charge in [-0.15, -0.1) is 0 Å². The minimum Gasteiger partial charge on any atom is -0.375 e. The van der Waals surface area contributed by atoms with Gasteiger partial charge in [-0.2, -0.15) is 0 Å². The van der Waals surface area contributed by atoms with Crippen LogP contribution in [0.1, 0.15) is 26.5 Å². The highest BCUT2D eigenvalue weighted by atomic mass is 35.5. The Bertz CT molecular complexity index is 548. The van der Waals surface area contributed by atoms with Crippen LogP contribution in [0.3, 0.4) is 0 Å². The smallest absolute Gasteiger partial charge is 0.0750 e. The predicted molar refractivity (Wildman–Crippen MR) is 80.7 cm³/mol. The van der Waals surface area contributed by atoms with Gasteiger partial charge in [0.15, 0.2) is 0 Å². The quantitative estimate of drug-likeness (QED) is 0.846. The average molecular weight is 281 g/mol. The molecule has 0 radical (unpaired) electrons. The predicted octanol–water partition coefficient (Wildman–Crippen LogP) is 3.73. The SMILES string of the molecule is CCOC(C)(C)CNCc1[nH]c2ccccc2c1Cl. The lowest BCUT2D eigenvalue weighted by molar-refractivity contribution is -0.00901. The van der Waals surface area contributed by atoms with Gasteiger partial charge in [0.2, 0.25) is 0 Å². The Hall–Kier alpha value is -1.03. The maximum absolute atomic E-state index is 6.37. The molecule has 0 aliphatic rings. The largest absolute Gasteiger partial charge is 0.375 e. The molecule has 2 aromatic rings. The van der Waals surface area contributed by atoms with Crippen LogP contribution in [-0.4, -0.2) is 23.7 Å². The van der Waals surface area contributed by atoms with Crippen molar-refractivity contribution in [3.05, 3.63) is 35.0 Å². The van der Waals surface area contributed by atoms with Gasteiger partial charge in [0, 0.05) is 36.3 Å². The van der Waals surface area contributed by atoms with Crippen LogP contribution in [0.4, 0.5) is 0 Å². The summed E-state index contributed by atoms with van der Waals surface area (Å²) in [6.45, 7) is 8.39. The monoisotopic (exact) mass is 280 g/mol. The first-order valence-corrected chi connectivity index (χ1v) is 7.01. The zero-order valence-corrected chi connectivity index (χ0v) is 12.5. The van der Waals surface area contributed by atoms with Crippen LogP contribution in [0.15, 0.2) is 24.3 Å². The molecule has 0 aliphatic heterocycles. The number of halogens is 1. The summed E-state index contributed by atoms with van der Waals surface area (Å²) in [5.74, 6) is 0. The number of fused-ring (bicyclic) bond motifs is 1. The topological polar surface area (TPSA) is 37.0 Å². The molecular weight excluding hydrogens is 260 g/mol. The molecule has 0 saturated carbocycles. The van der Waals surface area contributed by atoms with E-state index in [9.17, 15) is 0 Å². The maximum Gasteiger partial charge on any atom is 0.0750 e. The van der Waals surface area contributed by atoms with Crippen LogP contribution >= 0.6 is 11.6 Å². The second kappa shape index (κ2) is 5.95. The van der Waals surface area contributed by atoms with Gasteiger partial charge in [-0.25, -0.2) is 0 Å². The number of hydrogen-bond acceptors (Lipinski definition) is 2. The van der Waals surface area contributed by atoms with E-state index < -0.39 is 0 Å². The van der Waals surface area contributed by atoms with Crippen molar-refractivity contribution in [2.24, 2.45) is 0 Å². The van der Waals surface area contributed by atoms with E-state index in [2.05, 4.69) is 24.1 Å². The zero-order valence-electron chi connectivity index (χ0n) is 11.7. The minimum absolute atomic E-state index is 0.159. The van der Waals surface area contributed by atoms with Crippen molar-refractivity contribution in [3.8, 4) is 0 Å². The molecule has 19 heavy (non-hydrogen) atoms. The molecule has 104 valence electrons. The highest BCUT2D eigenvalue weighted by molar-refractivity contribution is 6.36. The van der Waals surface area contributed by atoms with Crippen molar-refractivity contribution in [3.63, 3.8) is 0 Å². The number of rotatable bonds is 6. The molecule has 3 nitrogen and oxygen atoms in total. The summed E-state index contributed by atoms with van der Waals surface area (Å²) in [5.41, 5.74) is 1.94. The van der Waals surface area contributed by atoms with Gasteiger partial charge in [-0.3, -0.25) is 0 Å². The molecule has 1 aromatic heterocycles. The summed E-state index contributed by atoms with van der Waals surface area (Å²) >= 11 is 6.37. The van der Waals surface area contributed by atoms with Gasteiger partial charge < -0.3 is 15.0 Å².